The number of rotatable bonds is 4. The molecule has 2 rings (SSSR count). The van der Waals surface area contributed by atoms with Gasteiger partial charge in [-0.05, 0) is 30.0 Å². The van der Waals surface area contributed by atoms with Crippen LogP contribution in [-0.4, -0.2) is 19.7 Å². The van der Waals surface area contributed by atoms with Gasteiger partial charge in [0.15, 0.2) is 0 Å². The van der Waals surface area contributed by atoms with Gasteiger partial charge in [0, 0.05) is 5.92 Å². The summed E-state index contributed by atoms with van der Waals surface area (Å²) < 4.78 is 10.4. The van der Waals surface area contributed by atoms with Crippen LogP contribution in [0.15, 0.2) is 24.3 Å². The Labute approximate surface area is 108 Å². The van der Waals surface area contributed by atoms with E-state index in [4.69, 9.17) is 9.47 Å². The molecular weight excluding hydrogens is 228 g/mol. The fourth-order valence-corrected chi connectivity index (χ4v) is 2.77. The van der Waals surface area contributed by atoms with Crippen LogP contribution in [0.4, 0.5) is 0 Å². The molecule has 1 aliphatic rings. The van der Waals surface area contributed by atoms with Gasteiger partial charge >= 0.3 is 5.97 Å². The standard InChI is InChI=1S/C15H20O3/c1-5-18-14(16)13-12(15(13,2)3)10-7-6-8-11(9-10)17-4/h6-9,12-13H,5H2,1-4H3/t12-,13+/m1/s1. The predicted molar refractivity (Wildman–Crippen MR) is 69.6 cm³/mol. The summed E-state index contributed by atoms with van der Waals surface area (Å²) in [6.07, 6.45) is 0. The van der Waals surface area contributed by atoms with E-state index in [0.29, 0.717) is 6.61 Å². The molecule has 0 spiro atoms. The first kappa shape index (κ1) is 12.9. The third kappa shape index (κ3) is 2.09. The molecule has 2 atom stereocenters. The highest BCUT2D eigenvalue weighted by atomic mass is 16.5. The normalized spacial score (nSPS) is 24.4. The van der Waals surface area contributed by atoms with Crippen molar-refractivity contribution >= 4 is 5.97 Å². The van der Waals surface area contributed by atoms with Gasteiger partial charge in [-0.15, -0.1) is 0 Å². The number of carbonyl (C=O) groups excluding carboxylic acids is 1. The number of esters is 1. The highest BCUT2D eigenvalue weighted by Crippen LogP contribution is 2.64. The van der Waals surface area contributed by atoms with Crippen LogP contribution >= 0.6 is 0 Å². The highest BCUT2D eigenvalue weighted by molar-refractivity contribution is 5.79. The van der Waals surface area contributed by atoms with E-state index in [9.17, 15) is 4.79 Å². The summed E-state index contributed by atoms with van der Waals surface area (Å²) in [5, 5.41) is 0. The van der Waals surface area contributed by atoms with Gasteiger partial charge in [0.25, 0.3) is 0 Å². The maximum atomic E-state index is 11.9. The van der Waals surface area contributed by atoms with Crippen LogP contribution in [0.25, 0.3) is 0 Å². The average molecular weight is 248 g/mol. The van der Waals surface area contributed by atoms with E-state index in [1.54, 1.807) is 7.11 Å². The Balaban J connectivity index is 2.21. The monoisotopic (exact) mass is 248 g/mol. The average Bonchev–Trinajstić information content (AvgIpc) is 2.93. The lowest BCUT2D eigenvalue weighted by atomic mass is 10.0. The largest absolute Gasteiger partial charge is 0.497 e. The number of benzene rings is 1. The highest BCUT2D eigenvalue weighted by Gasteiger charge is 2.63. The second-order valence-electron chi connectivity index (χ2n) is 5.31. The van der Waals surface area contributed by atoms with Gasteiger partial charge in [-0.3, -0.25) is 4.79 Å². The van der Waals surface area contributed by atoms with Crippen molar-refractivity contribution in [2.24, 2.45) is 11.3 Å². The topological polar surface area (TPSA) is 35.5 Å². The third-order valence-corrected chi connectivity index (χ3v) is 3.82. The summed E-state index contributed by atoms with van der Waals surface area (Å²) in [6, 6.07) is 7.93. The quantitative estimate of drug-likeness (QED) is 0.768. The zero-order chi connectivity index (χ0) is 13.3. The SMILES string of the molecule is CCOC(=O)[C@@H]1[C@@H](c2cccc(OC)c2)C1(C)C. The van der Waals surface area contributed by atoms with E-state index >= 15 is 0 Å². The minimum Gasteiger partial charge on any atom is -0.497 e. The van der Waals surface area contributed by atoms with E-state index in [2.05, 4.69) is 13.8 Å². The minimum absolute atomic E-state index is 0.0291. The molecule has 98 valence electrons. The maximum absolute atomic E-state index is 11.9. The van der Waals surface area contributed by atoms with Crippen LogP contribution in [0.2, 0.25) is 0 Å². The van der Waals surface area contributed by atoms with Crippen LogP contribution < -0.4 is 4.74 Å². The molecule has 1 aromatic carbocycles. The van der Waals surface area contributed by atoms with E-state index in [0.717, 1.165) is 11.3 Å². The summed E-state index contributed by atoms with van der Waals surface area (Å²) in [7, 11) is 1.65. The van der Waals surface area contributed by atoms with Crippen molar-refractivity contribution in [1.29, 1.82) is 0 Å². The maximum Gasteiger partial charge on any atom is 0.310 e. The molecule has 0 amide bonds. The first-order valence-corrected chi connectivity index (χ1v) is 6.33. The molecule has 0 unspecified atom stereocenters. The Kier molecular flexibility index (Phi) is 3.33. The molecule has 3 nitrogen and oxygen atoms in total. The Bertz CT molecular complexity index is 451. The molecule has 0 aliphatic heterocycles. The van der Waals surface area contributed by atoms with Gasteiger partial charge in [0.2, 0.25) is 0 Å². The van der Waals surface area contributed by atoms with Crippen molar-refractivity contribution in [2.75, 3.05) is 13.7 Å². The summed E-state index contributed by atoms with van der Waals surface area (Å²) in [5.41, 5.74) is 1.12. The number of hydrogen-bond donors (Lipinski definition) is 0. The van der Waals surface area contributed by atoms with Crippen LogP contribution in [0.3, 0.4) is 0 Å². The van der Waals surface area contributed by atoms with Crippen molar-refractivity contribution in [2.45, 2.75) is 26.7 Å². The van der Waals surface area contributed by atoms with Gasteiger partial charge in [0.1, 0.15) is 5.75 Å². The van der Waals surface area contributed by atoms with Crippen molar-refractivity contribution in [3.8, 4) is 5.75 Å². The molecule has 18 heavy (non-hydrogen) atoms. The molecule has 1 fully saturated rings. The lowest BCUT2D eigenvalue weighted by molar-refractivity contribution is -0.145. The van der Waals surface area contributed by atoms with E-state index in [-0.39, 0.29) is 23.2 Å². The van der Waals surface area contributed by atoms with Crippen molar-refractivity contribution in [3.63, 3.8) is 0 Å². The molecule has 1 saturated carbocycles. The van der Waals surface area contributed by atoms with Crippen molar-refractivity contribution < 1.29 is 14.3 Å². The zero-order valence-corrected chi connectivity index (χ0v) is 11.4. The summed E-state index contributed by atoms with van der Waals surface area (Å²) in [5.74, 6) is 0.935. The summed E-state index contributed by atoms with van der Waals surface area (Å²) in [6.45, 7) is 6.50. The van der Waals surface area contributed by atoms with Gasteiger partial charge < -0.3 is 9.47 Å². The summed E-state index contributed by atoms with van der Waals surface area (Å²) in [4.78, 5) is 11.9. The minimum atomic E-state index is -0.0877. The molecule has 3 heteroatoms. The predicted octanol–water partition coefficient (Wildman–Crippen LogP) is 3.00. The smallest absolute Gasteiger partial charge is 0.310 e. The van der Waals surface area contributed by atoms with Gasteiger partial charge in [0.05, 0.1) is 19.6 Å². The van der Waals surface area contributed by atoms with E-state index < -0.39 is 0 Å². The molecule has 1 aromatic rings. The summed E-state index contributed by atoms with van der Waals surface area (Å²) >= 11 is 0. The van der Waals surface area contributed by atoms with Crippen LogP contribution in [0, 0.1) is 11.3 Å². The molecular formula is C15H20O3. The first-order valence-electron chi connectivity index (χ1n) is 6.33. The van der Waals surface area contributed by atoms with E-state index in [1.807, 2.05) is 31.2 Å². The molecule has 0 heterocycles. The molecule has 0 N–H and O–H groups in total. The molecule has 0 saturated heterocycles. The van der Waals surface area contributed by atoms with Crippen molar-refractivity contribution in [1.82, 2.24) is 0 Å². The van der Waals surface area contributed by atoms with Crippen molar-refractivity contribution in [3.05, 3.63) is 29.8 Å². The number of carbonyl (C=O) groups is 1. The Morgan fingerprint density at radius 1 is 1.39 bits per heavy atom. The Hall–Kier alpha value is -1.51. The lowest BCUT2D eigenvalue weighted by Crippen LogP contribution is -2.10. The third-order valence-electron chi connectivity index (χ3n) is 3.82. The fraction of sp³-hybridized carbons (Fsp3) is 0.533. The molecule has 1 aliphatic carbocycles. The lowest BCUT2D eigenvalue weighted by Gasteiger charge is -2.05. The van der Waals surface area contributed by atoms with Crippen LogP contribution in [0.1, 0.15) is 32.3 Å². The first-order chi connectivity index (χ1) is 8.52. The van der Waals surface area contributed by atoms with Gasteiger partial charge in [-0.2, -0.15) is 0 Å². The number of hydrogen-bond acceptors (Lipinski definition) is 3. The molecule has 0 radical (unpaired) electrons. The van der Waals surface area contributed by atoms with E-state index in [1.165, 1.54) is 0 Å². The van der Waals surface area contributed by atoms with Crippen LogP contribution in [-0.2, 0) is 9.53 Å². The van der Waals surface area contributed by atoms with Gasteiger partial charge in [-0.25, -0.2) is 0 Å². The van der Waals surface area contributed by atoms with Crippen LogP contribution in [0.5, 0.6) is 5.75 Å². The Morgan fingerprint density at radius 3 is 2.72 bits per heavy atom. The number of methoxy groups -OCH3 is 1. The molecule has 0 aromatic heterocycles. The van der Waals surface area contributed by atoms with Gasteiger partial charge in [-0.1, -0.05) is 26.0 Å². The second-order valence-corrected chi connectivity index (χ2v) is 5.31. The Morgan fingerprint density at radius 2 is 2.11 bits per heavy atom. The second kappa shape index (κ2) is 4.63. The fourth-order valence-electron chi connectivity index (χ4n) is 2.77. The zero-order valence-electron chi connectivity index (χ0n) is 11.4. The molecule has 0 bridgehead atoms. The number of ether oxygens (including phenoxy) is 2.